The molecule has 2 aliphatic heterocycles. The van der Waals surface area contributed by atoms with Crippen LogP contribution >= 0.6 is 23.4 Å². The van der Waals surface area contributed by atoms with Gasteiger partial charge < -0.3 is 14.4 Å². The smallest absolute Gasteiger partial charge is 0.286 e. The summed E-state index contributed by atoms with van der Waals surface area (Å²) in [6.07, 6.45) is 0.423. The molecule has 0 aromatic heterocycles. The molecule has 2 amide bonds. The lowest BCUT2D eigenvalue weighted by molar-refractivity contribution is -0.118. The summed E-state index contributed by atoms with van der Waals surface area (Å²) in [5.74, 6) is 1.33. The molecule has 8 heteroatoms. The summed E-state index contributed by atoms with van der Waals surface area (Å²) in [6.45, 7) is 4.11. The third-order valence-electron chi connectivity index (χ3n) is 4.91. The fraction of sp³-hybridized carbons (Fsp3) is 0.333. The van der Waals surface area contributed by atoms with Crippen LogP contribution in [0.25, 0.3) is 0 Å². The average molecular weight is 433 g/mol. The predicted molar refractivity (Wildman–Crippen MR) is 114 cm³/mol. The molecule has 0 bridgehead atoms. The highest BCUT2D eigenvalue weighted by Crippen LogP contribution is 2.35. The number of imide groups is 1. The first-order chi connectivity index (χ1) is 14.0. The zero-order valence-electron chi connectivity index (χ0n) is 15.9. The number of likely N-dealkylation sites (N-methyl/N-ethyl adjacent to an activating group) is 1. The van der Waals surface area contributed by atoms with Crippen LogP contribution in [0.5, 0.6) is 11.5 Å². The van der Waals surface area contributed by atoms with Gasteiger partial charge in [0.2, 0.25) is 5.91 Å². The van der Waals surface area contributed by atoms with Crippen LogP contribution in [0.2, 0.25) is 5.02 Å². The Balaban J connectivity index is 1.34. The largest absolute Gasteiger partial charge is 0.490 e. The molecule has 2 atom stereocenters. The molecule has 1 fully saturated rings. The quantitative estimate of drug-likeness (QED) is 0.746. The standard InChI is InChI=1S/C21H21ClN2O4S/c1-2-24-11-16(28-18-8-5-14(22)10-17(18)24)12-27-15-6-3-13(4-7-15)9-19-20(25)23-21(26)29-19/h3-8,10,16,19H,2,9,11-12H2,1H3,(H,23,25,26). The van der Waals surface area contributed by atoms with Gasteiger partial charge >= 0.3 is 0 Å². The lowest BCUT2D eigenvalue weighted by atomic mass is 10.1. The van der Waals surface area contributed by atoms with Crippen LogP contribution in [-0.4, -0.2) is 42.2 Å². The minimum absolute atomic E-state index is 0.0899. The number of amides is 2. The highest BCUT2D eigenvalue weighted by Gasteiger charge is 2.31. The van der Waals surface area contributed by atoms with Crippen molar-refractivity contribution in [3.63, 3.8) is 0 Å². The highest BCUT2D eigenvalue weighted by atomic mass is 35.5. The molecule has 2 aliphatic rings. The van der Waals surface area contributed by atoms with Crippen molar-refractivity contribution in [1.82, 2.24) is 5.32 Å². The molecule has 0 saturated carbocycles. The number of carbonyl (C=O) groups is 2. The number of rotatable bonds is 6. The number of halogens is 1. The Morgan fingerprint density at radius 1 is 1.24 bits per heavy atom. The maximum absolute atomic E-state index is 11.7. The maximum atomic E-state index is 11.7. The first-order valence-corrected chi connectivity index (χ1v) is 10.7. The summed E-state index contributed by atoms with van der Waals surface area (Å²) in [5.41, 5.74) is 1.99. The van der Waals surface area contributed by atoms with Gasteiger partial charge in [-0.25, -0.2) is 0 Å². The van der Waals surface area contributed by atoms with Gasteiger partial charge in [0.25, 0.3) is 5.24 Å². The summed E-state index contributed by atoms with van der Waals surface area (Å²) in [5, 5.41) is 2.36. The minimum atomic E-state index is -0.362. The van der Waals surface area contributed by atoms with Crippen LogP contribution in [0.1, 0.15) is 12.5 Å². The molecule has 0 aliphatic carbocycles. The van der Waals surface area contributed by atoms with Gasteiger partial charge in [0.15, 0.2) is 0 Å². The van der Waals surface area contributed by atoms with E-state index in [1.807, 2.05) is 42.5 Å². The van der Waals surface area contributed by atoms with Crippen molar-refractivity contribution in [1.29, 1.82) is 0 Å². The Morgan fingerprint density at radius 2 is 2.03 bits per heavy atom. The molecule has 6 nitrogen and oxygen atoms in total. The normalized spacial score (nSPS) is 20.8. The third-order valence-corrected chi connectivity index (χ3v) is 6.12. The van der Waals surface area contributed by atoms with E-state index in [2.05, 4.69) is 17.1 Å². The van der Waals surface area contributed by atoms with Crippen molar-refractivity contribution in [2.24, 2.45) is 0 Å². The Labute approximate surface area is 178 Å². The fourth-order valence-corrected chi connectivity index (χ4v) is 4.46. The zero-order valence-corrected chi connectivity index (χ0v) is 17.5. The number of nitrogens with zero attached hydrogens (tertiary/aromatic N) is 1. The lowest BCUT2D eigenvalue weighted by Crippen LogP contribution is -2.43. The van der Waals surface area contributed by atoms with Gasteiger partial charge in [-0.05, 0) is 49.2 Å². The number of carbonyl (C=O) groups excluding carboxylic acids is 2. The van der Waals surface area contributed by atoms with Crippen molar-refractivity contribution in [3.05, 3.63) is 53.1 Å². The van der Waals surface area contributed by atoms with Crippen LogP contribution in [0.3, 0.4) is 0 Å². The number of hydrogen-bond donors (Lipinski definition) is 1. The monoisotopic (exact) mass is 432 g/mol. The maximum Gasteiger partial charge on any atom is 0.286 e. The molecule has 2 unspecified atom stereocenters. The van der Waals surface area contributed by atoms with Crippen molar-refractivity contribution in [3.8, 4) is 11.5 Å². The summed E-state index contributed by atoms with van der Waals surface area (Å²) < 4.78 is 12.0. The van der Waals surface area contributed by atoms with E-state index in [0.717, 1.165) is 47.6 Å². The van der Waals surface area contributed by atoms with Gasteiger partial charge in [-0.15, -0.1) is 0 Å². The van der Waals surface area contributed by atoms with E-state index in [1.54, 1.807) is 0 Å². The van der Waals surface area contributed by atoms with Gasteiger partial charge in [-0.1, -0.05) is 35.5 Å². The Hall–Kier alpha value is -2.38. The molecular weight excluding hydrogens is 412 g/mol. The number of hydrogen-bond acceptors (Lipinski definition) is 6. The Morgan fingerprint density at radius 3 is 2.72 bits per heavy atom. The molecular formula is C21H21ClN2O4S. The first-order valence-electron chi connectivity index (χ1n) is 9.46. The van der Waals surface area contributed by atoms with Crippen LogP contribution in [0.15, 0.2) is 42.5 Å². The van der Waals surface area contributed by atoms with Crippen LogP contribution in [-0.2, 0) is 11.2 Å². The van der Waals surface area contributed by atoms with Gasteiger partial charge in [0.1, 0.15) is 24.2 Å². The molecule has 1 saturated heterocycles. The molecule has 2 heterocycles. The van der Waals surface area contributed by atoms with Gasteiger partial charge in [0, 0.05) is 11.6 Å². The summed E-state index contributed by atoms with van der Waals surface area (Å²) >= 11 is 7.15. The minimum Gasteiger partial charge on any atom is -0.490 e. The van der Waals surface area contributed by atoms with E-state index in [1.165, 1.54) is 0 Å². The van der Waals surface area contributed by atoms with E-state index in [0.29, 0.717) is 18.1 Å². The molecule has 0 spiro atoms. The van der Waals surface area contributed by atoms with Crippen LogP contribution < -0.4 is 19.7 Å². The van der Waals surface area contributed by atoms with Gasteiger partial charge in [0.05, 0.1) is 17.5 Å². The fourth-order valence-electron chi connectivity index (χ4n) is 3.44. The Kier molecular flexibility index (Phi) is 5.87. The summed E-state index contributed by atoms with van der Waals surface area (Å²) in [7, 11) is 0. The van der Waals surface area contributed by atoms with E-state index < -0.39 is 0 Å². The van der Waals surface area contributed by atoms with E-state index in [4.69, 9.17) is 21.1 Å². The van der Waals surface area contributed by atoms with Crippen LogP contribution in [0, 0.1) is 0 Å². The van der Waals surface area contributed by atoms with Crippen molar-refractivity contribution in [2.75, 3.05) is 24.6 Å². The molecule has 29 heavy (non-hydrogen) atoms. The molecule has 1 N–H and O–H groups in total. The molecule has 2 aromatic rings. The second kappa shape index (κ2) is 8.55. The number of anilines is 1. The third kappa shape index (κ3) is 4.62. The van der Waals surface area contributed by atoms with Gasteiger partial charge in [-0.2, -0.15) is 0 Å². The number of nitrogens with one attached hydrogen (secondary N) is 1. The molecule has 2 aromatic carbocycles. The zero-order chi connectivity index (χ0) is 20.4. The number of ether oxygens (including phenoxy) is 2. The highest BCUT2D eigenvalue weighted by molar-refractivity contribution is 8.15. The lowest BCUT2D eigenvalue weighted by Gasteiger charge is -2.35. The van der Waals surface area contributed by atoms with Crippen LogP contribution in [0.4, 0.5) is 10.5 Å². The van der Waals surface area contributed by atoms with E-state index in [9.17, 15) is 9.59 Å². The second-order valence-electron chi connectivity index (χ2n) is 6.93. The average Bonchev–Trinajstić information content (AvgIpc) is 3.03. The molecule has 4 rings (SSSR count). The predicted octanol–water partition coefficient (Wildman–Crippen LogP) is 3.90. The van der Waals surface area contributed by atoms with Gasteiger partial charge in [-0.3, -0.25) is 14.9 Å². The number of thioether (sulfide) groups is 1. The van der Waals surface area contributed by atoms with E-state index >= 15 is 0 Å². The first kappa shape index (κ1) is 19.9. The van der Waals surface area contributed by atoms with Crippen molar-refractivity contribution in [2.45, 2.75) is 24.7 Å². The second-order valence-corrected chi connectivity index (χ2v) is 8.54. The topological polar surface area (TPSA) is 67.9 Å². The van der Waals surface area contributed by atoms with Crippen molar-refractivity contribution >= 4 is 40.2 Å². The Bertz CT molecular complexity index is 921. The van der Waals surface area contributed by atoms with Crippen molar-refractivity contribution < 1.29 is 19.1 Å². The summed E-state index contributed by atoms with van der Waals surface area (Å²) in [6, 6.07) is 13.2. The summed E-state index contributed by atoms with van der Waals surface area (Å²) in [4.78, 5) is 25.2. The van der Waals surface area contributed by atoms with E-state index in [-0.39, 0.29) is 22.5 Å². The molecule has 152 valence electrons. The SMILES string of the molecule is CCN1CC(COc2ccc(CC3SC(=O)NC3=O)cc2)Oc2ccc(Cl)cc21. The number of benzene rings is 2. The molecule has 0 radical (unpaired) electrons. The number of fused-ring (bicyclic) bond motifs is 1.